The summed E-state index contributed by atoms with van der Waals surface area (Å²) in [6.45, 7) is 3.91. The van der Waals surface area contributed by atoms with Gasteiger partial charge in [-0.2, -0.15) is 0 Å². The molecule has 0 aliphatic carbocycles. The zero-order valence-electron chi connectivity index (χ0n) is 11.1. The molecule has 4 heteroatoms. The molecule has 1 atom stereocenters. The van der Waals surface area contributed by atoms with Crippen LogP contribution in [0, 0.1) is 6.92 Å². The number of urea groups is 1. The third-order valence-electron chi connectivity index (χ3n) is 2.79. The molecule has 1 aromatic carbocycles. The molecular formula is C15H17N3O. The van der Waals surface area contributed by atoms with E-state index in [0.717, 1.165) is 16.9 Å². The number of pyridine rings is 1. The smallest absolute Gasteiger partial charge is 0.319 e. The predicted molar refractivity (Wildman–Crippen MR) is 76.0 cm³/mol. The Balaban J connectivity index is 1.93. The Kier molecular flexibility index (Phi) is 4.13. The highest BCUT2D eigenvalue weighted by molar-refractivity contribution is 5.89. The first-order valence-corrected chi connectivity index (χ1v) is 6.20. The molecule has 2 aromatic rings. The summed E-state index contributed by atoms with van der Waals surface area (Å²) in [5.41, 5.74) is 2.77. The number of carbonyl (C=O) groups excluding carboxylic acids is 1. The monoisotopic (exact) mass is 255 g/mol. The topological polar surface area (TPSA) is 54.0 Å². The summed E-state index contributed by atoms with van der Waals surface area (Å²) < 4.78 is 0. The highest BCUT2D eigenvalue weighted by Crippen LogP contribution is 2.10. The van der Waals surface area contributed by atoms with Crippen LogP contribution in [0.5, 0.6) is 0 Å². The normalized spacial score (nSPS) is 11.7. The quantitative estimate of drug-likeness (QED) is 0.884. The van der Waals surface area contributed by atoms with E-state index >= 15 is 0 Å². The van der Waals surface area contributed by atoms with Crippen molar-refractivity contribution in [1.29, 1.82) is 0 Å². The van der Waals surface area contributed by atoms with Crippen molar-refractivity contribution in [2.75, 3.05) is 5.32 Å². The summed E-state index contributed by atoms with van der Waals surface area (Å²) in [5.74, 6) is 0. The molecule has 2 amide bonds. The van der Waals surface area contributed by atoms with Crippen molar-refractivity contribution >= 4 is 11.7 Å². The van der Waals surface area contributed by atoms with Crippen molar-refractivity contribution in [3.8, 4) is 0 Å². The summed E-state index contributed by atoms with van der Waals surface area (Å²) >= 11 is 0. The fourth-order valence-electron chi connectivity index (χ4n) is 1.71. The maximum atomic E-state index is 11.8. The number of nitrogens with one attached hydrogen (secondary N) is 2. The Morgan fingerprint density at radius 2 is 1.89 bits per heavy atom. The van der Waals surface area contributed by atoms with Crippen LogP contribution in [0.1, 0.15) is 24.2 Å². The Morgan fingerprint density at radius 1 is 1.16 bits per heavy atom. The van der Waals surface area contributed by atoms with Gasteiger partial charge in [0.2, 0.25) is 0 Å². The molecule has 0 aliphatic rings. The Labute approximate surface area is 112 Å². The van der Waals surface area contributed by atoms with Gasteiger partial charge >= 0.3 is 6.03 Å². The van der Waals surface area contributed by atoms with Crippen molar-refractivity contribution in [1.82, 2.24) is 10.3 Å². The van der Waals surface area contributed by atoms with Gasteiger partial charge in [-0.15, -0.1) is 0 Å². The number of aromatic nitrogens is 1. The molecule has 0 spiro atoms. The summed E-state index contributed by atoms with van der Waals surface area (Å²) in [5, 5.41) is 5.64. The maximum absolute atomic E-state index is 11.8. The van der Waals surface area contributed by atoms with Crippen LogP contribution < -0.4 is 10.6 Å². The molecular weight excluding hydrogens is 238 g/mol. The predicted octanol–water partition coefficient (Wildman–Crippen LogP) is 3.27. The van der Waals surface area contributed by atoms with E-state index in [4.69, 9.17) is 0 Å². The van der Waals surface area contributed by atoms with E-state index in [1.165, 1.54) is 0 Å². The minimum Gasteiger partial charge on any atom is -0.330 e. The van der Waals surface area contributed by atoms with E-state index in [2.05, 4.69) is 15.6 Å². The average molecular weight is 255 g/mol. The number of hydrogen-bond acceptors (Lipinski definition) is 2. The standard InChI is InChI=1S/C15H17N3O/c1-11-6-8-13(9-7-11)18-15(19)17-12(2)14-5-3-4-10-16-14/h3-10,12H,1-2H3,(H2,17,18,19)/t12-/m0/s1. The molecule has 0 radical (unpaired) electrons. The molecule has 19 heavy (non-hydrogen) atoms. The molecule has 4 nitrogen and oxygen atoms in total. The van der Waals surface area contributed by atoms with Crippen LogP contribution in [0.25, 0.3) is 0 Å². The van der Waals surface area contributed by atoms with Gasteiger partial charge in [0, 0.05) is 11.9 Å². The van der Waals surface area contributed by atoms with E-state index in [0.29, 0.717) is 0 Å². The third-order valence-corrected chi connectivity index (χ3v) is 2.79. The van der Waals surface area contributed by atoms with Crippen molar-refractivity contribution in [3.05, 3.63) is 59.9 Å². The number of rotatable bonds is 3. The molecule has 2 N–H and O–H groups in total. The number of hydrogen-bond donors (Lipinski definition) is 2. The molecule has 0 fully saturated rings. The van der Waals surface area contributed by atoms with E-state index in [1.807, 2.05) is 56.3 Å². The SMILES string of the molecule is Cc1ccc(NC(=O)N[C@@H](C)c2ccccn2)cc1. The van der Waals surface area contributed by atoms with Crippen LogP contribution in [-0.4, -0.2) is 11.0 Å². The van der Waals surface area contributed by atoms with E-state index in [1.54, 1.807) is 6.20 Å². The molecule has 1 aromatic heterocycles. The molecule has 2 rings (SSSR count). The highest BCUT2D eigenvalue weighted by Gasteiger charge is 2.09. The molecule has 0 saturated carbocycles. The third kappa shape index (κ3) is 3.81. The molecule has 98 valence electrons. The van der Waals surface area contributed by atoms with Crippen LogP contribution in [0.2, 0.25) is 0 Å². The van der Waals surface area contributed by atoms with Crippen LogP contribution in [0.4, 0.5) is 10.5 Å². The minimum atomic E-state index is -0.234. The number of aryl methyl sites for hydroxylation is 1. The van der Waals surface area contributed by atoms with Gasteiger partial charge in [-0.25, -0.2) is 4.79 Å². The zero-order valence-corrected chi connectivity index (χ0v) is 11.1. The lowest BCUT2D eigenvalue weighted by molar-refractivity contribution is 0.249. The van der Waals surface area contributed by atoms with Crippen molar-refractivity contribution < 1.29 is 4.79 Å². The van der Waals surface area contributed by atoms with Gasteiger partial charge in [-0.05, 0) is 38.1 Å². The fourth-order valence-corrected chi connectivity index (χ4v) is 1.71. The zero-order chi connectivity index (χ0) is 13.7. The van der Waals surface area contributed by atoms with Gasteiger partial charge in [-0.3, -0.25) is 4.98 Å². The van der Waals surface area contributed by atoms with Gasteiger partial charge in [0.15, 0.2) is 0 Å². The summed E-state index contributed by atoms with van der Waals surface area (Å²) in [6, 6.07) is 12.9. The van der Waals surface area contributed by atoms with Crippen LogP contribution in [0.15, 0.2) is 48.7 Å². The first-order chi connectivity index (χ1) is 9.15. The Hall–Kier alpha value is -2.36. The lowest BCUT2D eigenvalue weighted by Gasteiger charge is -2.14. The van der Waals surface area contributed by atoms with Crippen LogP contribution in [0.3, 0.4) is 0 Å². The van der Waals surface area contributed by atoms with Crippen LogP contribution >= 0.6 is 0 Å². The summed E-state index contributed by atoms with van der Waals surface area (Å²) in [7, 11) is 0. The number of amides is 2. The Bertz CT molecular complexity index is 537. The van der Waals surface area contributed by atoms with Crippen molar-refractivity contribution in [2.24, 2.45) is 0 Å². The highest BCUT2D eigenvalue weighted by atomic mass is 16.2. The number of nitrogens with zero attached hydrogens (tertiary/aromatic N) is 1. The number of anilines is 1. The van der Waals surface area contributed by atoms with Crippen molar-refractivity contribution in [2.45, 2.75) is 19.9 Å². The lowest BCUT2D eigenvalue weighted by atomic mass is 10.2. The number of carbonyl (C=O) groups is 1. The van der Waals surface area contributed by atoms with Gasteiger partial charge in [-0.1, -0.05) is 23.8 Å². The molecule has 0 saturated heterocycles. The van der Waals surface area contributed by atoms with E-state index in [-0.39, 0.29) is 12.1 Å². The molecule has 1 heterocycles. The largest absolute Gasteiger partial charge is 0.330 e. The molecule has 0 unspecified atom stereocenters. The first kappa shape index (κ1) is 13.1. The second kappa shape index (κ2) is 6.00. The van der Waals surface area contributed by atoms with Gasteiger partial charge in [0.05, 0.1) is 11.7 Å². The molecule has 0 bridgehead atoms. The summed E-state index contributed by atoms with van der Waals surface area (Å²) in [4.78, 5) is 16.0. The number of benzene rings is 1. The Morgan fingerprint density at radius 3 is 2.53 bits per heavy atom. The first-order valence-electron chi connectivity index (χ1n) is 6.20. The second-order valence-electron chi connectivity index (χ2n) is 4.44. The lowest BCUT2D eigenvalue weighted by Crippen LogP contribution is -2.31. The van der Waals surface area contributed by atoms with Gasteiger partial charge in [0.1, 0.15) is 0 Å². The van der Waals surface area contributed by atoms with E-state index in [9.17, 15) is 4.79 Å². The second-order valence-corrected chi connectivity index (χ2v) is 4.44. The molecule has 0 aliphatic heterocycles. The van der Waals surface area contributed by atoms with E-state index < -0.39 is 0 Å². The van der Waals surface area contributed by atoms with Gasteiger partial charge < -0.3 is 10.6 Å². The average Bonchev–Trinajstić information content (AvgIpc) is 2.42. The fraction of sp³-hybridized carbons (Fsp3) is 0.200. The van der Waals surface area contributed by atoms with Crippen molar-refractivity contribution in [3.63, 3.8) is 0 Å². The van der Waals surface area contributed by atoms with Gasteiger partial charge in [0.25, 0.3) is 0 Å². The summed E-state index contributed by atoms with van der Waals surface area (Å²) in [6.07, 6.45) is 1.71. The maximum Gasteiger partial charge on any atom is 0.319 e. The van der Waals surface area contributed by atoms with Crippen LogP contribution in [-0.2, 0) is 0 Å². The minimum absolute atomic E-state index is 0.133.